The highest BCUT2D eigenvalue weighted by Gasteiger charge is 2.33. The third-order valence-electron chi connectivity index (χ3n) is 7.16. The van der Waals surface area contributed by atoms with Crippen molar-refractivity contribution >= 4 is 29.4 Å². The van der Waals surface area contributed by atoms with Crippen molar-refractivity contribution in [3.8, 4) is 11.3 Å². The maximum absolute atomic E-state index is 13.8. The van der Waals surface area contributed by atoms with E-state index in [1.54, 1.807) is 41.8 Å². The Labute approximate surface area is 240 Å². The van der Waals surface area contributed by atoms with Crippen molar-refractivity contribution in [3.63, 3.8) is 0 Å². The van der Waals surface area contributed by atoms with Gasteiger partial charge in [-0.05, 0) is 60.7 Å². The zero-order valence-electron chi connectivity index (χ0n) is 23.7. The minimum atomic E-state index is -0.676. The van der Waals surface area contributed by atoms with E-state index in [1.165, 1.54) is 25.6 Å². The molecular weight excluding hydrogens is 540 g/mol. The van der Waals surface area contributed by atoms with Crippen LogP contribution in [-0.4, -0.2) is 30.7 Å². The van der Waals surface area contributed by atoms with Crippen LogP contribution in [0.4, 0.5) is 0 Å². The Morgan fingerprint density at radius 2 is 1.71 bits per heavy atom. The summed E-state index contributed by atoms with van der Waals surface area (Å²) < 4.78 is 18.0. The molecule has 0 spiro atoms. The standard InChI is InChI=1S/C32H30N2O6S/c1-17(2)20-7-9-21(10-8-20)28-27(31(37)39-6)19(4)33-32-34(28)29(35)26(41-32)16-23-12-14-25(40-23)24-13-11-22(15-18(24)3)30(36)38-5/h7-17,28H,1-6H3/b26-16-. The van der Waals surface area contributed by atoms with Gasteiger partial charge in [0.05, 0.1) is 41.6 Å². The van der Waals surface area contributed by atoms with E-state index in [0.29, 0.717) is 43.6 Å². The first kappa shape index (κ1) is 28.0. The van der Waals surface area contributed by atoms with Crippen molar-refractivity contribution in [1.29, 1.82) is 0 Å². The molecule has 3 heterocycles. The van der Waals surface area contributed by atoms with Crippen LogP contribution >= 0.6 is 11.3 Å². The molecule has 0 aliphatic carbocycles. The number of aryl methyl sites for hydroxylation is 1. The number of carbonyl (C=O) groups excluding carboxylic acids is 2. The van der Waals surface area contributed by atoms with E-state index in [9.17, 15) is 14.4 Å². The molecule has 0 N–H and O–H groups in total. The summed E-state index contributed by atoms with van der Waals surface area (Å²) in [6.07, 6.45) is 1.68. The smallest absolute Gasteiger partial charge is 0.338 e. The number of benzene rings is 2. The summed E-state index contributed by atoms with van der Waals surface area (Å²) in [6.45, 7) is 7.86. The number of rotatable bonds is 6. The third kappa shape index (κ3) is 5.20. The minimum Gasteiger partial charge on any atom is -0.466 e. The lowest BCUT2D eigenvalue weighted by Gasteiger charge is -2.24. The Morgan fingerprint density at radius 3 is 2.34 bits per heavy atom. The Kier molecular flexibility index (Phi) is 7.64. The number of methoxy groups -OCH3 is 2. The predicted octanol–water partition coefficient (Wildman–Crippen LogP) is 4.89. The van der Waals surface area contributed by atoms with E-state index in [-0.39, 0.29) is 5.56 Å². The first-order chi connectivity index (χ1) is 19.6. The van der Waals surface area contributed by atoms with Gasteiger partial charge in [-0.2, -0.15) is 0 Å². The molecule has 5 rings (SSSR count). The number of furan rings is 1. The van der Waals surface area contributed by atoms with Gasteiger partial charge in [0.2, 0.25) is 0 Å². The zero-order valence-corrected chi connectivity index (χ0v) is 24.5. The lowest BCUT2D eigenvalue weighted by molar-refractivity contribution is -0.136. The number of thiazole rings is 1. The number of esters is 2. The van der Waals surface area contributed by atoms with Crippen molar-refractivity contribution in [3.05, 3.63) is 114 Å². The van der Waals surface area contributed by atoms with Crippen LogP contribution in [0.5, 0.6) is 0 Å². The van der Waals surface area contributed by atoms with Crippen LogP contribution in [-0.2, 0) is 14.3 Å². The topological polar surface area (TPSA) is 100 Å². The zero-order chi connectivity index (χ0) is 29.4. The molecule has 1 atom stereocenters. The third-order valence-corrected chi connectivity index (χ3v) is 8.14. The van der Waals surface area contributed by atoms with Crippen molar-refractivity contribution in [2.45, 2.75) is 39.7 Å². The summed E-state index contributed by atoms with van der Waals surface area (Å²) in [6, 6.07) is 16.1. The van der Waals surface area contributed by atoms with E-state index >= 15 is 0 Å². The summed E-state index contributed by atoms with van der Waals surface area (Å²) in [7, 11) is 2.67. The SMILES string of the molecule is COC(=O)C1=C(C)N=c2s/c(=C\c3ccc(-c4ccc(C(=O)OC)cc4C)o3)c(=O)n2C1c1ccc(C(C)C)cc1. The summed E-state index contributed by atoms with van der Waals surface area (Å²) >= 11 is 1.23. The van der Waals surface area contributed by atoms with Crippen molar-refractivity contribution in [2.75, 3.05) is 14.2 Å². The van der Waals surface area contributed by atoms with Crippen molar-refractivity contribution in [2.24, 2.45) is 4.99 Å². The Balaban J connectivity index is 1.58. The maximum atomic E-state index is 13.8. The number of fused-ring (bicyclic) bond motifs is 1. The summed E-state index contributed by atoms with van der Waals surface area (Å²) in [5, 5.41) is 0. The molecule has 9 heteroatoms. The second-order valence-electron chi connectivity index (χ2n) is 10.1. The summed E-state index contributed by atoms with van der Waals surface area (Å²) in [4.78, 5) is 43.7. The fraction of sp³-hybridized carbons (Fsp3) is 0.250. The average Bonchev–Trinajstić information content (AvgIpc) is 3.55. The van der Waals surface area contributed by atoms with Crippen LogP contribution in [0.15, 0.2) is 80.1 Å². The van der Waals surface area contributed by atoms with Crippen LogP contribution < -0.4 is 14.9 Å². The van der Waals surface area contributed by atoms with E-state index in [4.69, 9.17) is 13.9 Å². The lowest BCUT2D eigenvalue weighted by atomic mass is 9.93. The lowest BCUT2D eigenvalue weighted by Crippen LogP contribution is -2.39. The van der Waals surface area contributed by atoms with Crippen LogP contribution in [0.1, 0.15) is 65.5 Å². The molecular formula is C32H30N2O6S. The van der Waals surface area contributed by atoms with Gasteiger partial charge in [-0.3, -0.25) is 9.36 Å². The molecule has 1 aliphatic rings. The van der Waals surface area contributed by atoms with Crippen LogP contribution in [0.3, 0.4) is 0 Å². The Bertz CT molecular complexity index is 1870. The van der Waals surface area contributed by atoms with Crippen molar-refractivity contribution < 1.29 is 23.5 Å². The van der Waals surface area contributed by atoms with Crippen LogP contribution in [0.25, 0.3) is 17.4 Å². The van der Waals surface area contributed by atoms with E-state index in [0.717, 1.165) is 22.3 Å². The second-order valence-corrected chi connectivity index (χ2v) is 11.1. The monoisotopic (exact) mass is 570 g/mol. The number of nitrogens with zero attached hydrogens (tertiary/aromatic N) is 2. The largest absolute Gasteiger partial charge is 0.466 e. The molecule has 2 aromatic carbocycles. The molecule has 2 aromatic heterocycles. The van der Waals surface area contributed by atoms with E-state index in [1.807, 2.05) is 37.3 Å². The predicted molar refractivity (Wildman–Crippen MR) is 157 cm³/mol. The van der Waals surface area contributed by atoms with Crippen LogP contribution in [0, 0.1) is 6.92 Å². The van der Waals surface area contributed by atoms with Crippen molar-refractivity contribution in [1.82, 2.24) is 4.57 Å². The Morgan fingerprint density at radius 1 is 1.00 bits per heavy atom. The van der Waals surface area contributed by atoms with Gasteiger partial charge in [-0.15, -0.1) is 0 Å². The summed E-state index contributed by atoms with van der Waals surface area (Å²) in [5.74, 6) is 0.502. The van der Waals surface area contributed by atoms with Gasteiger partial charge in [0, 0.05) is 11.6 Å². The maximum Gasteiger partial charge on any atom is 0.338 e. The highest BCUT2D eigenvalue weighted by molar-refractivity contribution is 7.07. The molecule has 0 radical (unpaired) electrons. The molecule has 0 bridgehead atoms. The molecule has 8 nitrogen and oxygen atoms in total. The molecule has 41 heavy (non-hydrogen) atoms. The van der Waals surface area contributed by atoms with Crippen LogP contribution in [0.2, 0.25) is 0 Å². The highest BCUT2D eigenvalue weighted by atomic mass is 32.1. The normalized spacial score (nSPS) is 15.1. The number of aromatic nitrogens is 1. The van der Waals surface area contributed by atoms with E-state index < -0.39 is 18.0 Å². The first-order valence-corrected chi connectivity index (χ1v) is 13.9. The second kappa shape index (κ2) is 11.2. The number of allylic oxidation sites excluding steroid dienone is 1. The number of carbonyl (C=O) groups is 2. The van der Waals surface area contributed by atoms with Gasteiger partial charge in [0.25, 0.3) is 5.56 Å². The number of ether oxygens (including phenoxy) is 2. The quantitative estimate of drug-likeness (QED) is 0.306. The molecule has 210 valence electrons. The number of hydrogen-bond donors (Lipinski definition) is 0. The highest BCUT2D eigenvalue weighted by Crippen LogP contribution is 2.32. The molecule has 0 saturated carbocycles. The fourth-order valence-electron chi connectivity index (χ4n) is 4.96. The molecule has 4 aromatic rings. The van der Waals surface area contributed by atoms with Gasteiger partial charge in [0.15, 0.2) is 4.80 Å². The fourth-order valence-corrected chi connectivity index (χ4v) is 5.99. The molecule has 1 aliphatic heterocycles. The van der Waals surface area contributed by atoms with Gasteiger partial charge in [-0.1, -0.05) is 55.5 Å². The molecule has 0 fully saturated rings. The Hall–Kier alpha value is -4.50. The van der Waals surface area contributed by atoms with Gasteiger partial charge in [0.1, 0.15) is 11.5 Å². The molecule has 0 saturated heterocycles. The minimum absolute atomic E-state index is 0.280. The van der Waals surface area contributed by atoms with Gasteiger partial charge < -0.3 is 13.9 Å². The molecule has 0 amide bonds. The number of hydrogen-bond acceptors (Lipinski definition) is 8. The average molecular weight is 571 g/mol. The first-order valence-electron chi connectivity index (χ1n) is 13.1. The summed E-state index contributed by atoms with van der Waals surface area (Å²) in [5.41, 5.74) is 4.63. The molecule has 1 unspecified atom stereocenters. The van der Waals surface area contributed by atoms with Gasteiger partial charge >= 0.3 is 11.9 Å². The van der Waals surface area contributed by atoms with E-state index in [2.05, 4.69) is 18.8 Å². The van der Waals surface area contributed by atoms with Gasteiger partial charge in [-0.25, -0.2) is 14.6 Å².